The van der Waals surface area contributed by atoms with Crippen LogP contribution in [0.15, 0.2) is 54.6 Å². The summed E-state index contributed by atoms with van der Waals surface area (Å²) in [6.45, 7) is 0. The van der Waals surface area contributed by atoms with Gasteiger partial charge in [-0.1, -0.05) is 29.8 Å². The molecule has 3 aromatic rings. The van der Waals surface area contributed by atoms with Gasteiger partial charge in [0.1, 0.15) is 17.1 Å². The Kier molecular flexibility index (Phi) is 6.41. The molecular weight excluding hydrogens is 468 g/mol. The zero-order chi connectivity index (χ0) is 24.5. The first-order valence-electron chi connectivity index (χ1n) is 9.03. The molecule has 0 spiro atoms. The number of aromatic carboxylic acids is 1. The zero-order valence-corrected chi connectivity index (χ0v) is 17.1. The van der Waals surface area contributed by atoms with Crippen LogP contribution in [0.1, 0.15) is 37.4 Å². The van der Waals surface area contributed by atoms with Crippen molar-refractivity contribution in [3.05, 3.63) is 93.3 Å². The van der Waals surface area contributed by atoms with Crippen molar-refractivity contribution in [2.75, 3.05) is 5.32 Å². The minimum Gasteiger partial charge on any atom is -0.507 e. The topological polar surface area (TPSA) is 110 Å². The number of halogens is 5. The van der Waals surface area contributed by atoms with E-state index in [0.29, 0.717) is 6.07 Å². The van der Waals surface area contributed by atoms with Gasteiger partial charge in [-0.05, 0) is 36.4 Å². The van der Waals surface area contributed by atoms with E-state index >= 15 is 0 Å². The molecule has 0 heterocycles. The molecule has 0 bridgehead atoms. The maximum atomic E-state index is 14.6. The fourth-order valence-electron chi connectivity index (χ4n) is 3.07. The van der Waals surface area contributed by atoms with E-state index in [-0.39, 0.29) is 11.3 Å². The number of amides is 1. The molecule has 11 heteroatoms. The van der Waals surface area contributed by atoms with Crippen molar-refractivity contribution in [2.24, 2.45) is 0 Å². The molecule has 0 aromatic heterocycles. The van der Waals surface area contributed by atoms with Crippen LogP contribution in [-0.2, 0) is 6.18 Å². The van der Waals surface area contributed by atoms with Gasteiger partial charge in [0.25, 0.3) is 5.91 Å². The van der Waals surface area contributed by atoms with Gasteiger partial charge in [0.2, 0.25) is 0 Å². The van der Waals surface area contributed by atoms with Gasteiger partial charge in [0.05, 0.1) is 33.1 Å². The zero-order valence-electron chi connectivity index (χ0n) is 16.3. The fraction of sp³-hybridized carbons (Fsp3) is 0.0455. The summed E-state index contributed by atoms with van der Waals surface area (Å²) in [6, 6.07) is 9.14. The number of carboxylic acid groups (broad SMARTS) is 1. The number of hydrogen-bond donors (Lipinski definition) is 4. The quantitative estimate of drug-likeness (QED) is 0.282. The van der Waals surface area contributed by atoms with E-state index in [1.807, 2.05) is 0 Å². The molecule has 1 amide bonds. The van der Waals surface area contributed by atoms with Gasteiger partial charge in [-0.3, -0.25) is 10.2 Å². The van der Waals surface area contributed by atoms with E-state index in [1.54, 1.807) is 0 Å². The third-order valence-electron chi connectivity index (χ3n) is 4.57. The van der Waals surface area contributed by atoms with Crippen LogP contribution in [0.25, 0.3) is 0 Å². The predicted octanol–water partition coefficient (Wildman–Crippen LogP) is 5.57. The Bertz CT molecular complexity index is 1290. The van der Waals surface area contributed by atoms with E-state index in [9.17, 15) is 32.3 Å². The van der Waals surface area contributed by atoms with Crippen molar-refractivity contribution in [3.63, 3.8) is 0 Å². The molecule has 0 radical (unpaired) electrons. The fourth-order valence-corrected chi connectivity index (χ4v) is 3.33. The highest BCUT2D eigenvalue weighted by Crippen LogP contribution is 2.36. The Morgan fingerprint density at radius 1 is 1.00 bits per heavy atom. The summed E-state index contributed by atoms with van der Waals surface area (Å²) in [5.74, 6) is -4.38. The summed E-state index contributed by atoms with van der Waals surface area (Å²) in [5, 5.41) is 28.8. The number of rotatable bonds is 5. The first-order valence-corrected chi connectivity index (χ1v) is 9.40. The highest BCUT2D eigenvalue weighted by Gasteiger charge is 2.36. The molecule has 0 saturated heterocycles. The first kappa shape index (κ1) is 23.7. The van der Waals surface area contributed by atoms with Crippen LogP contribution in [0, 0.1) is 11.2 Å². The van der Waals surface area contributed by atoms with Crippen molar-refractivity contribution in [1.29, 1.82) is 5.41 Å². The van der Waals surface area contributed by atoms with E-state index in [1.165, 1.54) is 12.1 Å². The number of aromatic hydroxyl groups is 1. The lowest BCUT2D eigenvalue weighted by molar-refractivity contribution is -0.137. The maximum absolute atomic E-state index is 14.6. The van der Waals surface area contributed by atoms with Gasteiger partial charge in [-0.2, -0.15) is 13.2 Å². The van der Waals surface area contributed by atoms with Gasteiger partial charge in [0.15, 0.2) is 0 Å². The Balaban J connectivity index is 2.05. The Morgan fingerprint density at radius 3 is 2.27 bits per heavy atom. The third kappa shape index (κ3) is 4.80. The minimum absolute atomic E-state index is 0.105. The summed E-state index contributed by atoms with van der Waals surface area (Å²) >= 11 is 5.83. The molecule has 3 aromatic carbocycles. The van der Waals surface area contributed by atoms with Crippen molar-refractivity contribution in [2.45, 2.75) is 6.18 Å². The lowest BCUT2D eigenvalue weighted by atomic mass is 9.98. The number of carbonyl (C=O) groups is 2. The van der Waals surface area contributed by atoms with E-state index < -0.39 is 62.6 Å². The summed E-state index contributed by atoms with van der Waals surface area (Å²) in [7, 11) is 0. The van der Waals surface area contributed by atoms with E-state index in [4.69, 9.17) is 22.1 Å². The summed E-state index contributed by atoms with van der Waals surface area (Å²) in [4.78, 5) is 23.8. The van der Waals surface area contributed by atoms with Gasteiger partial charge < -0.3 is 15.5 Å². The van der Waals surface area contributed by atoms with Crippen LogP contribution < -0.4 is 5.32 Å². The molecule has 0 aliphatic heterocycles. The van der Waals surface area contributed by atoms with Gasteiger partial charge in [-0.25, -0.2) is 9.18 Å². The highest BCUT2D eigenvalue weighted by atomic mass is 35.5. The molecule has 0 saturated carbocycles. The molecule has 0 aliphatic carbocycles. The summed E-state index contributed by atoms with van der Waals surface area (Å²) < 4.78 is 54.7. The summed E-state index contributed by atoms with van der Waals surface area (Å²) in [5.41, 5.74) is -4.12. The number of benzene rings is 3. The van der Waals surface area contributed by atoms with Crippen LogP contribution in [0.5, 0.6) is 5.75 Å². The molecule has 0 aliphatic rings. The van der Waals surface area contributed by atoms with Gasteiger partial charge in [0, 0.05) is 5.56 Å². The van der Waals surface area contributed by atoms with Crippen molar-refractivity contribution in [3.8, 4) is 5.75 Å². The number of anilines is 1. The summed E-state index contributed by atoms with van der Waals surface area (Å²) in [6.07, 6.45) is -4.89. The molecule has 0 fully saturated rings. The molecule has 0 unspecified atom stereocenters. The highest BCUT2D eigenvalue weighted by molar-refractivity contribution is 6.34. The SMILES string of the molecule is N=C(c1ccc(C(=O)O)c(O)c1)c1c(F)cccc1NC(=O)c1c(Cl)cccc1C(F)(F)F. The number of carboxylic acids is 1. The molecule has 3 rings (SSSR count). The lowest BCUT2D eigenvalue weighted by Gasteiger charge is -2.17. The Labute approximate surface area is 188 Å². The van der Waals surface area contributed by atoms with E-state index in [0.717, 1.165) is 36.4 Å². The van der Waals surface area contributed by atoms with Crippen LogP contribution in [0.4, 0.5) is 23.2 Å². The second-order valence-corrected chi connectivity index (χ2v) is 7.10. The normalized spacial score (nSPS) is 11.2. The van der Waals surface area contributed by atoms with E-state index in [2.05, 4.69) is 5.32 Å². The average molecular weight is 481 g/mol. The minimum atomic E-state index is -4.89. The molecule has 6 nitrogen and oxygen atoms in total. The van der Waals surface area contributed by atoms with Crippen molar-refractivity contribution in [1.82, 2.24) is 0 Å². The number of carbonyl (C=O) groups excluding carboxylic acids is 1. The van der Waals surface area contributed by atoms with Crippen LogP contribution in [0.3, 0.4) is 0 Å². The van der Waals surface area contributed by atoms with Crippen molar-refractivity contribution < 1.29 is 37.4 Å². The largest absolute Gasteiger partial charge is 0.507 e. The smallest absolute Gasteiger partial charge is 0.417 e. The second kappa shape index (κ2) is 8.91. The molecular formula is C22H13ClF4N2O4. The van der Waals surface area contributed by atoms with Gasteiger partial charge in [-0.15, -0.1) is 0 Å². The number of phenols is 1. The maximum Gasteiger partial charge on any atom is 0.417 e. The Morgan fingerprint density at radius 2 is 1.67 bits per heavy atom. The molecule has 0 atom stereocenters. The van der Waals surface area contributed by atoms with Crippen LogP contribution >= 0.6 is 11.6 Å². The molecule has 170 valence electrons. The first-order chi connectivity index (χ1) is 15.4. The number of nitrogens with one attached hydrogen (secondary N) is 2. The Hall–Kier alpha value is -3.92. The van der Waals surface area contributed by atoms with Gasteiger partial charge >= 0.3 is 12.1 Å². The molecule has 4 N–H and O–H groups in total. The standard InChI is InChI=1S/C22H13ClF4N2O4/c23-13-4-1-3-12(22(25,26)27)17(13)20(31)29-15-6-2-5-14(24)18(15)19(28)10-7-8-11(21(32)33)16(30)9-10/h1-9,28,30H,(H,29,31)(H,32,33). The third-order valence-corrected chi connectivity index (χ3v) is 4.89. The number of hydrogen-bond acceptors (Lipinski definition) is 4. The van der Waals surface area contributed by atoms with Crippen LogP contribution in [-0.4, -0.2) is 27.8 Å². The lowest BCUT2D eigenvalue weighted by Crippen LogP contribution is -2.21. The second-order valence-electron chi connectivity index (χ2n) is 6.69. The van der Waals surface area contributed by atoms with Crippen molar-refractivity contribution >= 4 is 34.9 Å². The predicted molar refractivity (Wildman–Crippen MR) is 112 cm³/mol. The molecule has 33 heavy (non-hydrogen) atoms. The van der Waals surface area contributed by atoms with Crippen LogP contribution in [0.2, 0.25) is 5.02 Å². The monoisotopic (exact) mass is 480 g/mol. The average Bonchev–Trinajstić information content (AvgIpc) is 2.72. The number of alkyl halides is 3.